The van der Waals surface area contributed by atoms with Gasteiger partial charge >= 0.3 is 0 Å². The molecular weight excluding hydrogens is 372 g/mol. The Labute approximate surface area is 181 Å². The Morgan fingerprint density at radius 1 is 0.867 bits per heavy atom. The Bertz CT molecular complexity index is 750. The van der Waals surface area contributed by atoms with Gasteiger partial charge < -0.3 is 9.80 Å². The fourth-order valence-corrected chi connectivity index (χ4v) is 5.46. The van der Waals surface area contributed by atoms with Crippen LogP contribution in [0.1, 0.15) is 69.8 Å². The van der Waals surface area contributed by atoms with Crippen molar-refractivity contribution >= 4 is 11.8 Å². The molecule has 2 amide bonds. The maximum absolute atomic E-state index is 12.8. The fourth-order valence-electron chi connectivity index (χ4n) is 5.46. The second kappa shape index (κ2) is 10.3. The van der Waals surface area contributed by atoms with Gasteiger partial charge in [0.05, 0.1) is 0 Å². The second-order valence-electron chi connectivity index (χ2n) is 9.31. The summed E-state index contributed by atoms with van der Waals surface area (Å²) >= 11 is 0. The van der Waals surface area contributed by atoms with Gasteiger partial charge in [0.15, 0.2) is 0 Å². The van der Waals surface area contributed by atoms with Crippen molar-refractivity contribution in [2.24, 2.45) is 11.8 Å². The van der Waals surface area contributed by atoms with Gasteiger partial charge in [0.1, 0.15) is 0 Å². The van der Waals surface area contributed by atoms with Crippen LogP contribution in [-0.2, 0) is 16.0 Å². The maximum atomic E-state index is 12.8. The molecule has 2 aliphatic heterocycles. The van der Waals surface area contributed by atoms with Gasteiger partial charge in [-0.05, 0) is 75.2 Å². The van der Waals surface area contributed by atoms with Gasteiger partial charge in [0.2, 0.25) is 11.8 Å². The monoisotopic (exact) mass is 408 g/mol. The standard InChI is InChI=1S/C26H36N2O2/c29-25(27-18-15-22(16-19-27)20-21-8-2-1-3-9-21)13-6-14-26(30)28-17-7-11-23-10-4-5-12-24(23)28/h1-3,8-9,12,22-23H,4-7,10-11,13-20H2. The van der Waals surface area contributed by atoms with Crippen LogP contribution in [0.4, 0.5) is 0 Å². The lowest BCUT2D eigenvalue weighted by Crippen LogP contribution is -2.40. The van der Waals surface area contributed by atoms with Crippen molar-refractivity contribution in [1.82, 2.24) is 9.80 Å². The molecule has 4 heteroatoms. The molecule has 0 N–H and O–H groups in total. The molecule has 3 aliphatic rings. The molecule has 0 radical (unpaired) electrons. The van der Waals surface area contributed by atoms with E-state index in [1.54, 1.807) is 0 Å². The van der Waals surface area contributed by atoms with Gasteiger partial charge in [-0.3, -0.25) is 9.59 Å². The molecule has 1 unspecified atom stereocenters. The molecule has 1 aromatic rings. The summed E-state index contributed by atoms with van der Waals surface area (Å²) in [6, 6.07) is 10.7. The quantitative estimate of drug-likeness (QED) is 0.669. The molecular formula is C26H36N2O2. The summed E-state index contributed by atoms with van der Waals surface area (Å²) in [6.07, 6.45) is 13.2. The molecule has 1 aromatic carbocycles. The minimum atomic E-state index is 0.224. The first-order chi connectivity index (χ1) is 14.7. The number of piperidine rings is 2. The van der Waals surface area contributed by atoms with E-state index in [1.165, 1.54) is 30.5 Å². The average Bonchev–Trinajstić information content (AvgIpc) is 2.79. The highest BCUT2D eigenvalue weighted by Gasteiger charge is 2.30. The van der Waals surface area contributed by atoms with Gasteiger partial charge in [-0.25, -0.2) is 0 Å². The van der Waals surface area contributed by atoms with E-state index in [0.29, 0.717) is 31.1 Å². The van der Waals surface area contributed by atoms with E-state index in [4.69, 9.17) is 0 Å². The molecule has 0 aromatic heterocycles. The molecule has 30 heavy (non-hydrogen) atoms. The summed E-state index contributed by atoms with van der Waals surface area (Å²) in [5.74, 6) is 1.72. The van der Waals surface area contributed by atoms with Crippen molar-refractivity contribution in [3.63, 3.8) is 0 Å². The first-order valence-corrected chi connectivity index (χ1v) is 12.0. The van der Waals surface area contributed by atoms with Crippen LogP contribution in [0.3, 0.4) is 0 Å². The van der Waals surface area contributed by atoms with E-state index in [1.807, 2.05) is 9.80 Å². The number of likely N-dealkylation sites (tertiary alicyclic amines) is 2. The van der Waals surface area contributed by atoms with E-state index in [2.05, 4.69) is 36.4 Å². The first-order valence-electron chi connectivity index (χ1n) is 12.0. The summed E-state index contributed by atoms with van der Waals surface area (Å²) in [6.45, 7) is 2.60. The van der Waals surface area contributed by atoms with E-state index >= 15 is 0 Å². The minimum absolute atomic E-state index is 0.224. The molecule has 0 spiro atoms. The lowest BCUT2D eigenvalue weighted by molar-refractivity contribution is -0.133. The number of nitrogens with zero attached hydrogens (tertiary/aromatic N) is 2. The summed E-state index contributed by atoms with van der Waals surface area (Å²) in [4.78, 5) is 29.5. The molecule has 4 rings (SSSR count). The second-order valence-corrected chi connectivity index (χ2v) is 9.31. The molecule has 1 aliphatic carbocycles. The van der Waals surface area contributed by atoms with Crippen LogP contribution < -0.4 is 0 Å². The number of carbonyl (C=O) groups excluding carboxylic acids is 2. The van der Waals surface area contributed by atoms with Crippen LogP contribution in [0.5, 0.6) is 0 Å². The summed E-state index contributed by atoms with van der Waals surface area (Å²) < 4.78 is 0. The van der Waals surface area contributed by atoms with Crippen molar-refractivity contribution < 1.29 is 9.59 Å². The Hall–Kier alpha value is -2.10. The van der Waals surface area contributed by atoms with E-state index in [-0.39, 0.29) is 11.8 Å². The Kier molecular flexibility index (Phi) is 7.24. The number of allylic oxidation sites excluding steroid dienone is 2. The third-order valence-electron chi connectivity index (χ3n) is 7.19. The smallest absolute Gasteiger partial charge is 0.226 e. The zero-order valence-electron chi connectivity index (χ0n) is 18.2. The summed E-state index contributed by atoms with van der Waals surface area (Å²) in [5, 5.41) is 0. The van der Waals surface area contributed by atoms with E-state index in [9.17, 15) is 9.59 Å². The van der Waals surface area contributed by atoms with Crippen molar-refractivity contribution in [2.75, 3.05) is 19.6 Å². The summed E-state index contributed by atoms with van der Waals surface area (Å²) in [5.41, 5.74) is 2.68. The predicted octanol–water partition coefficient (Wildman–Crippen LogP) is 4.94. The fraction of sp³-hybridized carbons (Fsp3) is 0.615. The first kappa shape index (κ1) is 21.1. The van der Waals surface area contributed by atoms with Crippen LogP contribution in [0.2, 0.25) is 0 Å². The zero-order valence-corrected chi connectivity index (χ0v) is 18.2. The van der Waals surface area contributed by atoms with Crippen molar-refractivity contribution in [3.05, 3.63) is 47.7 Å². The van der Waals surface area contributed by atoms with Crippen molar-refractivity contribution in [3.8, 4) is 0 Å². The van der Waals surface area contributed by atoms with Crippen molar-refractivity contribution in [2.45, 2.75) is 70.6 Å². The molecule has 0 bridgehead atoms. The zero-order chi connectivity index (χ0) is 20.8. The summed E-state index contributed by atoms with van der Waals surface area (Å²) in [7, 11) is 0. The number of carbonyl (C=O) groups is 2. The topological polar surface area (TPSA) is 40.6 Å². The van der Waals surface area contributed by atoms with Gasteiger partial charge in [0.25, 0.3) is 0 Å². The number of benzene rings is 1. The number of amides is 2. The molecule has 162 valence electrons. The molecule has 0 saturated carbocycles. The van der Waals surface area contributed by atoms with Crippen LogP contribution in [0, 0.1) is 11.8 Å². The highest BCUT2D eigenvalue weighted by molar-refractivity contribution is 5.80. The Balaban J connectivity index is 1.17. The lowest BCUT2D eigenvalue weighted by Gasteiger charge is -2.38. The van der Waals surface area contributed by atoms with Gasteiger partial charge in [-0.15, -0.1) is 0 Å². The van der Waals surface area contributed by atoms with E-state index < -0.39 is 0 Å². The third kappa shape index (κ3) is 5.33. The van der Waals surface area contributed by atoms with Crippen LogP contribution in [-0.4, -0.2) is 41.2 Å². The largest absolute Gasteiger partial charge is 0.343 e. The van der Waals surface area contributed by atoms with Gasteiger partial charge in [0, 0.05) is 38.2 Å². The molecule has 2 saturated heterocycles. The third-order valence-corrected chi connectivity index (χ3v) is 7.19. The molecule has 1 atom stereocenters. The SMILES string of the molecule is O=C(CCCC(=O)N1CCCC2CCCC=C21)N1CCC(Cc2ccccc2)CC1. The number of hydrogen-bond acceptors (Lipinski definition) is 2. The Morgan fingerprint density at radius 3 is 2.40 bits per heavy atom. The van der Waals surface area contributed by atoms with Gasteiger partial charge in [-0.2, -0.15) is 0 Å². The van der Waals surface area contributed by atoms with Crippen molar-refractivity contribution in [1.29, 1.82) is 0 Å². The van der Waals surface area contributed by atoms with Crippen LogP contribution in [0.25, 0.3) is 0 Å². The highest BCUT2D eigenvalue weighted by Crippen LogP contribution is 2.35. The number of hydrogen-bond donors (Lipinski definition) is 0. The Morgan fingerprint density at radius 2 is 1.60 bits per heavy atom. The molecule has 2 heterocycles. The molecule has 2 fully saturated rings. The van der Waals surface area contributed by atoms with Crippen LogP contribution >= 0.6 is 0 Å². The minimum Gasteiger partial charge on any atom is -0.343 e. The number of fused-ring (bicyclic) bond motifs is 1. The maximum Gasteiger partial charge on any atom is 0.226 e. The van der Waals surface area contributed by atoms with Crippen LogP contribution in [0.15, 0.2) is 42.1 Å². The molecule has 4 nitrogen and oxygen atoms in total. The van der Waals surface area contributed by atoms with E-state index in [0.717, 1.165) is 51.7 Å². The van der Waals surface area contributed by atoms with Gasteiger partial charge in [-0.1, -0.05) is 36.4 Å². The number of rotatable bonds is 6. The average molecular weight is 409 g/mol. The highest BCUT2D eigenvalue weighted by atomic mass is 16.2. The predicted molar refractivity (Wildman–Crippen MR) is 120 cm³/mol. The lowest BCUT2D eigenvalue weighted by atomic mass is 9.85. The normalized spacial score (nSPS) is 22.4.